The summed E-state index contributed by atoms with van der Waals surface area (Å²) in [5.74, 6) is 2.70. The molecule has 6 nitrogen and oxygen atoms in total. The second-order valence-corrected chi connectivity index (χ2v) is 5.92. The van der Waals surface area contributed by atoms with E-state index >= 15 is 0 Å². The zero-order valence-corrected chi connectivity index (χ0v) is 17.5. The molecule has 0 aliphatic rings. The van der Waals surface area contributed by atoms with Gasteiger partial charge in [-0.15, -0.1) is 24.0 Å². The van der Waals surface area contributed by atoms with E-state index in [1.54, 1.807) is 7.05 Å². The summed E-state index contributed by atoms with van der Waals surface area (Å²) in [4.78, 5) is 4.20. The third kappa shape index (κ3) is 7.33. The molecule has 0 saturated heterocycles. The Bertz CT molecular complexity index is 644. The van der Waals surface area contributed by atoms with Gasteiger partial charge in [0, 0.05) is 13.1 Å². The molecule has 0 fully saturated rings. The Labute approximate surface area is 166 Å². The average Bonchev–Trinajstić information content (AvgIpc) is 3.05. The number of para-hydroxylation sites is 1. The van der Waals surface area contributed by atoms with Gasteiger partial charge in [-0.2, -0.15) is 0 Å². The van der Waals surface area contributed by atoms with Gasteiger partial charge in [-0.25, -0.2) is 0 Å². The maximum atomic E-state index is 5.83. The van der Waals surface area contributed by atoms with Gasteiger partial charge in [0.15, 0.2) is 11.7 Å². The van der Waals surface area contributed by atoms with Crippen molar-refractivity contribution in [2.75, 3.05) is 13.6 Å². The molecule has 0 spiro atoms. The number of benzene rings is 1. The Kier molecular flexibility index (Phi) is 9.33. The third-order valence-electron chi connectivity index (χ3n) is 3.46. The zero-order chi connectivity index (χ0) is 17.4. The smallest absolute Gasteiger partial charge is 0.191 e. The van der Waals surface area contributed by atoms with Crippen LogP contribution in [-0.4, -0.2) is 30.8 Å². The van der Waals surface area contributed by atoms with Crippen molar-refractivity contribution < 1.29 is 9.26 Å². The Morgan fingerprint density at radius 3 is 2.52 bits per heavy atom. The molecular formula is C18H27IN4O2. The lowest BCUT2D eigenvalue weighted by Crippen LogP contribution is -2.41. The van der Waals surface area contributed by atoms with Gasteiger partial charge < -0.3 is 19.9 Å². The number of hydrogen-bond donors (Lipinski definition) is 2. The van der Waals surface area contributed by atoms with E-state index in [1.807, 2.05) is 43.3 Å². The highest BCUT2D eigenvalue weighted by Gasteiger charge is 2.09. The number of halogens is 1. The first-order valence-electron chi connectivity index (χ1n) is 8.20. The number of nitrogens with zero attached hydrogens (tertiary/aromatic N) is 2. The van der Waals surface area contributed by atoms with Crippen molar-refractivity contribution in [3.63, 3.8) is 0 Å². The summed E-state index contributed by atoms with van der Waals surface area (Å²) in [6.07, 6.45) is 0.0174. The second kappa shape index (κ2) is 11.0. The zero-order valence-electron chi connectivity index (χ0n) is 15.2. The first-order chi connectivity index (χ1) is 11.6. The molecule has 1 heterocycles. The SMILES string of the molecule is CN=C(NCc1cc(C(C)C)no1)NCC(C)Oc1ccccc1.I. The molecule has 0 radical (unpaired) electrons. The van der Waals surface area contributed by atoms with Crippen LogP contribution in [0.2, 0.25) is 0 Å². The summed E-state index contributed by atoms with van der Waals surface area (Å²) < 4.78 is 11.1. The standard InChI is InChI=1S/C18H26N4O2.HI/c1-13(2)17-10-16(24-22-17)12-21-18(19-4)20-11-14(3)23-15-8-6-5-7-9-15;/h5-10,13-14H,11-12H2,1-4H3,(H2,19,20,21);1H. The molecule has 7 heteroatoms. The lowest BCUT2D eigenvalue weighted by Gasteiger charge is -2.17. The number of aliphatic imine (C=N–C) groups is 1. The highest BCUT2D eigenvalue weighted by atomic mass is 127. The number of aromatic nitrogens is 1. The minimum atomic E-state index is 0. The van der Waals surface area contributed by atoms with Gasteiger partial charge in [-0.3, -0.25) is 4.99 Å². The molecule has 0 saturated carbocycles. The molecule has 2 rings (SSSR count). The highest BCUT2D eigenvalue weighted by Crippen LogP contribution is 2.13. The molecule has 1 unspecified atom stereocenters. The number of ether oxygens (including phenoxy) is 1. The van der Waals surface area contributed by atoms with Crippen molar-refractivity contribution in [3.05, 3.63) is 47.9 Å². The number of rotatable bonds is 7. The fourth-order valence-corrected chi connectivity index (χ4v) is 2.09. The normalized spacial score (nSPS) is 12.4. The molecule has 25 heavy (non-hydrogen) atoms. The van der Waals surface area contributed by atoms with Gasteiger partial charge in [0.25, 0.3) is 0 Å². The van der Waals surface area contributed by atoms with Gasteiger partial charge in [0.05, 0.1) is 18.8 Å². The van der Waals surface area contributed by atoms with E-state index in [2.05, 4.69) is 34.6 Å². The number of hydrogen-bond acceptors (Lipinski definition) is 4. The Morgan fingerprint density at radius 2 is 1.92 bits per heavy atom. The molecular weight excluding hydrogens is 431 g/mol. The monoisotopic (exact) mass is 458 g/mol. The summed E-state index contributed by atoms with van der Waals surface area (Å²) >= 11 is 0. The predicted octanol–water partition coefficient (Wildman–Crippen LogP) is 3.55. The van der Waals surface area contributed by atoms with Gasteiger partial charge in [-0.05, 0) is 25.0 Å². The van der Waals surface area contributed by atoms with Crippen molar-refractivity contribution in [3.8, 4) is 5.75 Å². The maximum Gasteiger partial charge on any atom is 0.191 e. The summed E-state index contributed by atoms with van der Waals surface area (Å²) in [6, 6.07) is 11.7. The van der Waals surface area contributed by atoms with Crippen LogP contribution >= 0.6 is 24.0 Å². The molecule has 1 atom stereocenters. The molecule has 0 amide bonds. The lowest BCUT2D eigenvalue weighted by atomic mass is 10.1. The van der Waals surface area contributed by atoms with Crippen molar-refractivity contribution in [1.82, 2.24) is 15.8 Å². The second-order valence-electron chi connectivity index (χ2n) is 5.92. The van der Waals surface area contributed by atoms with E-state index in [-0.39, 0.29) is 30.1 Å². The molecule has 0 bridgehead atoms. The van der Waals surface area contributed by atoms with Crippen molar-refractivity contribution in [1.29, 1.82) is 0 Å². The van der Waals surface area contributed by atoms with Crippen molar-refractivity contribution in [2.24, 2.45) is 4.99 Å². The Hall–Kier alpha value is -1.77. The summed E-state index contributed by atoms with van der Waals surface area (Å²) in [5, 5.41) is 10.5. The van der Waals surface area contributed by atoms with Crippen molar-refractivity contribution in [2.45, 2.75) is 39.3 Å². The van der Waals surface area contributed by atoms with E-state index in [9.17, 15) is 0 Å². The van der Waals surface area contributed by atoms with Gasteiger partial charge in [0.1, 0.15) is 11.9 Å². The Morgan fingerprint density at radius 1 is 1.20 bits per heavy atom. The predicted molar refractivity (Wildman–Crippen MR) is 111 cm³/mol. The third-order valence-corrected chi connectivity index (χ3v) is 3.46. The highest BCUT2D eigenvalue weighted by molar-refractivity contribution is 14.0. The fraction of sp³-hybridized carbons (Fsp3) is 0.444. The van der Waals surface area contributed by atoms with Crippen LogP contribution in [0.5, 0.6) is 5.75 Å². The first-order valence-corrected chi connectivity index (χ1v) is 8.20. The summed E-state index contributed by atoms with van der Waals surface area (Å²) in [6.45, 7) is 7.36. The number of guanidine groups is 1. The van der Waals surface area contributed by atoms with Crippen molar-refractivity contribution >= 4 is 29.9 Å². The van der Waals surface area contributed by atoms with Crippen LogP contribution in [0.15, 0.2) is 45.9 Å². The van der Waals surface area contributed by atoms with E-state index in [4.69, 9.17) is 9.26 Å². The van der Waals surface area contributed by atoms with Crippen LogP contribution in [0, 0.1) is 0 Å². The largest absolute Gasteiger partial charge is 0.489 e. The minimum Gasteiger partial charge on any atom is -0.489 e. The number of nitrogens with one attached hydrogen (secondary N) is 2. The van der Waals surface area contributed by atoms with E-state index < -0.39 is 0 Å². The average molecular weight is 458 g/mol. The van der Waals surface area contributed by atoms with Crippen LogP contribution < -0.4 is 15.4 Å². The van der Waals surface area contributed by atoms with E-state index in [0.29, 0.717) is 25.0 Å². The van der Waals surface area contributed by atoms with Gasteiger partial charge in [-0.1, -0.05) is 37.2 Å². The molecule has 1 aromatic heterocycles. The molecule has 2 aromatic rings. The molecule has 2 N–H and O–H groups in total. The minimum absolute atomic E-state index is 0. The molecule has 138 valence electrons. The van der Waals surface area contributed by atoms with Crippen LogP contribution in [0.1, 0.15) is 38.1 Å². The summed E-state index contributed by atoms with van der Waals surface area (Å²) in [5.41, 5.74) is 0.958. The van der Waals surface area contributed by atoms with Crippen LogP contribution in [-0.2, 0) is 6.54 Å². The van der Waals surface area contributed by atoms with Gasteiger partial charge in [0.2, 0.25) is 0 Å². The van der Waals surface area contributed by atoms with Crippen LogP contribution in [0.4, 0.5) is 0 Å². The van der Waals surface area contributed by atoms with E-state index in [1.165, 1.54) is 0 Å². The quantitative estimate of drug-likeness (QED) is 0.377. The molecule has 1 aromatic carbocycles. The topological polar surface area (TPSA) is 71.7 Å². The van der Waals surface area contributed by atoms with E-state index in [0.717, 1.165) is 17.2 Å². The van der Waals surface area contributed by atoms with Gasteiger partial charge >= 0.3 is 0 Å². The molecule has 0 aliphatic carbocycles. The van der Waals surface area contributed by atoms with Crippen LogP contribution in [0.25, 0.3) is 0 Å². The fourth-order valence-electron chi connectivity index (χ4n) is 2.09. The Balaban J connectivity index is 0.00000312. The first kappa shape index (κ1) is 21.3. The lowest BCUT2D eigenvalue weighted by molar-refractivity contribution is 0.224. The maximum absolute atomic E-state index is 5.83. The molecule has 0 aliphatic heterocycles. The van der Waals surface area contributed by atoms with Crippen LogP contribution in [0.3, 0.4) is 0 Å². The summed E-state index contributed by atoms with van der Waals surface area (Å²) in [7, 11) is 1.73.